The van der Waals surface area contributed by atoms with Gasteiger partial charge in [0.1, 0.15) is 11.2 Å². The Morgan fingerprint density at radius 2 is 1.02 bits per heavy atom. The average molecular weight is 806 g/mol. The number of nitrogens with zero attached hydrogens (tertiary/aromatic N) is 3. The molecule has 1 spiro atoms. The number of furan rings is 1. The minimum absolute atomic E-state index is 0.320. The van der Waals surface area contributed by atoms with Gasteiger partial charge in [0, 0.05) is 32.8 Å². The van der Waals surface area contributed by atoms with Crippen LogP contribution >= 0.6 is 0 Å². The third kappa shape index (κ3) is 3.87. The Bertz CT molecular complexity index is 4270. The van der Waals surface area contributed by atoms with E-state index in [1.165, 1.54) is 32.3 Å². The van der Waals surface area contributed by atoms with Gasteiger partial charge in [0.05, 0.1) is 38.3 Å². The zero-order valence-electron chi connectivity index (χ0n) is 33.5. The second kappa shape index (κ2) is 11.5. The zero-order chi connectivity index (χ0) is 41.3. The third-order valence-electron chi connectivity index (χ3n) is 14.3. The van der Waals surface area contributed by atoms with Crippen molar-refractivity contribution in [3.05, 3.63) is 231 Å². The van der Waals surface area contributed by atoms with Crippen molar-refractivity contribution >= 4 is 65.6 Å². The number of benzene rings is 9. The predicted octanol–water partition coefficient (Wildman–Crippen LogP) is 12.5. The van der Waals surface area contributed by atoms with Gasteiger partial charge in [-0.3, -0.25) is 9.59 Å². The van der Waals surface area contributed by atoms with Gasteiger partial charge >= 0.3 is 0 Å². The molecular weight excluding hydrogens is 775 g/mol. The van der Waals surface area contributed by atoms with Gasteiger partial charge in [-0.25, -0.2) is 4.52 Å². The van der Waals surface area contributed by atoms with E-state index in [1.807, 2.05) is 40.9 Å². The molecule has 0 radical (unpaired) electrons. The maximum Gasteiger partial charge on any atom is 0.284 e. The first kappa shape index (κ1) is 33.3. The minimum Gasteiger partial charge on any atom is -0.455 e. The highest BCUT2D eigenvalue weighted by molar-refractivity contribution is 6.18. The van der Waals surface area contributed by atoms with Crippen LogP contribution in [-0.2, 0) is 5.41 Å². The van der Waals surface area contributed by atoms with Gasteiger partial charge in [-0.1, -0.05) is 140 Å². The highest BCUT2D eigenvalue weighted by Gasteiger charge is 2.51. The highest BCUT2D eigenvalue weighted by atomic mass is 16.3. The SMILES string of the molecule is O=c1c2cc3c(cc2n2c4ccc5c6ccccc6n(-c6ccc(-c7cccc8c7oc7ccccc78)cc6)c5c4c(=O)n12)-c1ccccc1C31c2ccccc2-c2ccccc21. The molecule has 13 aromatic rings. The number of aromatic nitrogens is 3. The van der Waals surface area contributed by atoms with Gasteiger partial charge < -0.3 is 8.98 Å². The Morgan fingerprint density at radius 3 is 1.76 bits per heavy atom. The smallest absolute Gasteiger partial charge is 0.284 e. The van der Waals surface area contributed by atoms with Crippen molar-refractivity contribution in [1.82, 2.24) is 13.6 Å². The Morgan fingerprint density at radius 1 is 0.397 bits per heavy atom. The molecule has 15 rings (SSSR count). The van der Waals surface area contributed by atoms with Gasteiger partial charge in [0.15, 0.2) is 0 Å². The summed E-state index contributed by atoms with van der Waals surface area (Å²) in [6, 6.07) is 65.5. The van der Waals surface area contributed by atoms with Crippen molar-refractivity contribution in [2.45, 2.75) is 5.41 Å². The summed E-state index contributed by atoms with van der Waals surface area (Å²) < 4.78 is 11.8. The van der Waals surface area contributed by atoms with Crippen LogP contribution in [0.25, 0.3) is 105 Å². The third-order valence-corrected chi connectivity index (χ3v) is 14.3. The molecule has 0 atom stereocenters. The van der Waals surface area contributed by atoms with Crippen LogP contribution in [0.5, 0.6) is 0 Å². The first-order valence-corrected chi connectivity index (χ1v) is 21.3. The first-order valence-electron chi connectivity index (χ1n) is 21.3. The second-order valence-corrected chi connectivity index (χ2v) is 17.1. The molecule has 2 aliphatic rings. The zero-order valence-corrected chi connectivity index (χ0v) is 33.5. The van der Waals surface area contributed by atoms with E-state index in [0.717, 1.165) is 77.2 Å². The van der Waals surface area contributed by atoms with Gasteiger partial charge in [-0.05, 0) is 98.6 Å². The standard InChI is InChI=1S/C57H31N3O3/c61-55-43-30-47-42(37-14-3-8-21-46(37)57(47)44-19-6-1-12-35(44)36-13-2-7-20-45(36)57)31-50(43)59-49-29-28-40-38-15-4-9-22-48(38)58(53(40)52(49)56(62)60(55)59)33-26-24-32(25-27-33)34-17-11-18-41-39-16-5-10-23-51(39)63-54(34)41/h1-31H. The number of hydrogen-bond acceptors (Lipinski definition) is 3. The molecule has 0 fully saturated rings. The maximum absolute atomic E-state index is 15.1. The van der Waals surface area contributed by atoms with Crippen LogP contribution in [0.3, 0.4) is 0 Å². The lowest BCUT2D eigenvalue weighted by Crippen LogP contribution is -2.26. The Hall–Kier alpha value is -8.48. The summed E-state index contributed by atoms with van der Waals surface area (Å²) in [7, 11) is 0. The van der Waals surface area contributed by atoms with Crippen LogP contribution in [-0.4, -0.2) is 13.6 Å². The lowest BCUT2D eigenvalue weighted by Gasteiger charge is -2.30. The minimum atomic E-state index is -0.597. The van der Waals surface area contributed by atoms with Crippen LogP contribution in [0.15, 0.2) is 202 Å². The fraction of sp³-hybridized carbons (Fsp3) is 0.0175. The topological polar surface area (TPSA) is 61.0 Å². The summed E-state index contributed by atoms with van der Waals surface area (Å²) in [6.45, 7) is 0. The molecule has 0 bridgehead atoms. The predicted molar refractivity (Wildman–Crippen MR) is 253 cm³/mol. The van der Waals surface area contributed by atoms with E-state index in [1.54, 1.807) is 0 Å². The summed E-state index contributed by atoms with van der Waals surface area (Å²) in [6.07, 6.45) is 0. The summed E-state index contributed by atoms with van der Waals surface area (Å²) in [5.74, 6) is 0. The van der Waals surface area contributed by atoms with E-state index in [4.69, 9.17) is 4.42 Å². The monoisotopic (exact) mass is 805 g/mol. The Labute approximate surface area is 357 Å². The second-order valence-electron chi connectivity index (χ2n) is 17.1. The maximum atomic E-state index is 15.1. The summed E-state index contributed by atoms with van der Waals surface area (Å²) in [5, 5.41) is 5.19. The van der Waals surface area contributed by atoms with Crippen molar-refractivity contribution in [2.75, 3.05) is 0 Å². The van der Waals surface area contributed by atoms with E-state index in [2.05, 4.69) is 156 Å². The lowest BCUT2D eigenvalue weighted by molar-refractivity contribution is 0.670. The van der Waals surface area contributed by atoms with E-state index >= 15 is 4.79 Å². The average Bonchev–Trinajstić information content (AvgIpc) is 4.16. The molecule has 2 aliphatic carbocycles. The molecule has 63 heavy (non-hydrogen) atoms. The summed E-state index contributed by atoms with van der Waals surface area (Å²) >= 11 is 0. The van der Waals surface area contributed by atoms with Crippen molar-refractivity contribution < 1.29 is 4.42 Å². The largest absolute Gasteiger partial charge is 0.455 e. The van der Waals surface area contributed by atoms with Gasteiger partial charge in [0.2, 0.25) is 0 Å². The van der Waals surface area contributed by atoms with Crippen LogP contribution in [0, 0.1) is 0 Å². The van der Waals surface area contributed by atoms with Gasteiger partial charge in [-0.15, -0.1) is 0 Å². The molecule has 0 unspecified atom stereocenters. The number of rotatable bonds is 2. The molecule has 0 amide bonds. The van der Waals surface area contributed by atoms with Crippen molar-refractivity contribution in [1.29, 1.82) is 0 Å². The number of fused-ring (bicyclic) bond motifs is 22. The van der Waals surface area contributed by atoms with E-state index in [9.17, 15) is 4.79 Å². The van der Waals surface area contributed by atoms with Crippen molar-refractivity contribution in [2.24, 2.45) is 0 Å². The van der Waals surface area contributed by atoms with Crippen LogP contribution in [0.1, 0.15) is 22.3 Å². The van der Waals surface area contributed by atoms with E-state index in [-0.39, 0.29) is 11.1 Å². The first-order chi connectivity index (χ1) is 31.1. The molecule has 9 aromatic carbocycles. The molecule has 0 saturated carbocycles. The van der Waals surface area contributed by atoms with Crippen LogP contribution in [0.4, 0.5) is 0 Å². The Kier molecular flexibility index (Phi) is 6.05. The molecule has 4 aromatic heterocycles. The van der Waals surface area contributed by atoms with Crippen molar-refractivity contribution in [3.63, 3.8) is 0 Å². The quantitative estimate of drug-likeness (QED) is 0.175. The molecule has 0 aliphatic heterocycles. The van der Waals surface area contributed by atoms with Crippen LogP contribution in [0.2, 0.25) is 0 Å². The molecule has 292 valence electrons. The highest BCUT2D eigenvalue weighted by Crippen LogP contribution is 2.63. The van der Waals surface area contributed by atoms with Crippen LogP contribution < -0.4 is 11.1 Å². The molecule has 6 nitrogen and oxygen atoms in total. The molecule has 0 N–H and O–H groups in total. The van der Waals surface area contributed by atoms with Crippen molar-refractivity contribution in [3.8, 4) is 39.1 Å². The summed E-state index contributed by atoms with van der Waals surface area (Å²) in [4.78, 5) is 30.1. The number of para-hydroxylation sites is 3. The Balaban J connectivity index is 0.985. The summed E-state index contributed by atoms with van der Waals surface area (Å²) in [5.41, 5.74) is 15.9. The molecule has 0 saturated heterocycles. The van der Waals surface area contributed by atoms with Gasteiger partial charge in [-0.2, -0.15) is 4.52 Å². The van der Waals surface area contributed by atoms with Gasteiger partial charge in [0.25, 0.3) is 11.1 Å². The van der Waals surface area contributed by atoms with E-state index < -0.39 is 5.41 Å². The molecule has 6 heteroatoms. The van der Waals surface area contributed by atoms with E-state index in [0.29, 0.717) is 21.8 Å². The fourth-order valence-corrected chi connectivity index (χ4v) is 11.8. The molecule has 4 heterocycles. The molecular formula is C57H31N3O3. The number of hydrogen-bond donors (Lipinski definition) is 0. The normalized spacial score (nSPS) is 13.7. The lowest BCUT2D eigenvalue weighted by atomic mass is 9.70. The fourth-order valence-electron chi connectivity index (χ4n) is 11.8.